The highest BCUT2D eigenvalue weighted by molar-refractivity contribution is 7.99. The average molecular weight is 416 g/mol. The zero-order valence-corrected chi connectivity index (χ0v) is 17.9. The topological polar surface area (TPSA) is 60.2 Å². The lowest BCUT2D eigenvalue weighted by Gasteiger charge is -2.23. The lowest BCUT2D eigenvalue weighted by Crippen LogP contribution is -2.22. The molecule has 0 aliphatic carbocycles. The maximum Gasteiger partial charge on any atom is 0.191 e. The summed E-state index contributed by atoms with van der Waals surface area (Å²) in [6, 6.07) is 14.3. The molecule has 7 heteroatoms. The van der Waals surface area contributed by atoms with Crippen LogP contribution in [0.25, 0.3) is 11.4 Å². The van der Waals surface area contributed by atoms with E-state index in [2.05, 4.69) is 31.0 Å². The number of ether oxygens (including phenoxy) is 1. The molecule has 0 spiro atoms. The Morgan fingerprint density at radius 3 is 2.52 bits per heavy atom. The van der Waals surface area contributed by atoms with Gasteiger partial charge in [0.2, 0.25) is 0 Å². The van der Waals surface area contributed by atoms with Gasteiger partial charge in [0.1, 0.15) is 18.2 Å². The second-order valence-corrected chi connectivity index (χ2v) is 8.85. The van der Waals surface area contributed by atoms with Crippen molar-refractivity contribution < 1.29 is 14.2 Å². The van der Waals surface area contributed by atoms with Crippen LogP contribution in [0.1, 0.15) is 26.3 Å². The quantitative estimate of drug-likeness (QED) is 0.578. The normalized spacial score (nSPS) is 12.8. The molecule has 0 bridgehead atoms. The Bertz CT molecular complexity index is 969. The number of hydrogen-bond acceptors (Lipinski definition) is 5. The predicted octanol–water partition coefficient (Wildman–Crippen LogP) is 4.45. The summed E-state index contributed by atoms with van der Waals surface area (Å²) in [4.78, 5) is 0. The number of para-hydroxylation sites is 1. The van der Waals surface area contributed by atoms with Crippen LogP contribution in [0.2, 0.25) is 0 Å². The largest absolute Gasteiger partial charge is 0.491 e. The standard InChI is InChI=1S/C22H26FN3O2S/c1-22(2,3)17-10-6-8-12-19(17)28-13-15(27)14-29-21-25-24-20(26(21)4)16-9-5-7-11-18(16)23/h5-12,15,27H,13-14H2,1-4H3. The molecule has 0 fully saturated rings. The minimum absolute atomic E-state index is 0.0436. The Hall–Kier alpha value is -2.38. The SMILES string of the molecule is Cn1c(SCC(O)COc2ccccc2C(C)(C)C)nnc1-c1ccccc1F. The molecule has 3 aromatic rings. The number of aliphatic hydroxyl groups is 1. The van der Waals surface area contributed by atoms with Crippen molar-refractivity contribution in [3.8, 4) is 17.1 Å². The van der Waals surface area contributed by atoms with Crippen molar-refractivity contribution in [2.24, 2.45) is 7.05 Å². The first-order valence-corrected chi connectivity index (χ1v) is 10.4. The van der Waals surface area contributed by atoms with E-state index in [4.69, 9.17) is 4.74 Å². The molecule has 1 aromatic heterocycles. The number of nitrogens with zero attached hydrogens (tertiary/aromatic N) is 3. The molecular weight excluding hydrogens is 389 g/mol. The molecule has 29 heavy (non-hydrogen) atoms. The van der Waals surface area contributed by atoms with Crippen molar-refractivity contribution in [3.05, 3.63) is 59.9 Å². The number of thioether (sulfide) groups is 1. The number of aromatic nitrogens is 3. The van der Waals surface area contributed by atoms with Crippen molar-refractivity contribution in [3.63, 3.8) is 0 Å². The third-order valence-corrected chi connectivity index (χ3v) is 5.65. The first kappa shape index (κ1) is 21.3. The molecule has 1 unspecified atom stereocenters. The Morgan fingerprint density at radius 2 is 1.79 bits per heavy atom. The van der Waals surface area contributed by atoms with Crippen molar-refractivity contribution >= 4 is 11.8 Å². The number of halogens is 1. The summed E-state index contributed by atoms with van der Waals surface area (Å²) < 4.78 is 21.6. The molecule has 1 heterocycles. The molecule has 0 aliphatic rings. The lowest BCUT2D eigenvalue weighted by molar-refractivity contribution is 0.125. The number of aliphatic hydroxyl groups excluding tert-OH is 1. The summed E-state index contributed by atoms with van der Waals surface area (Å²) in [5.74, 6) is 1.28. The lowest BCUT2D eigenvalue weighted by atomic mass is 9.86. The van der Waals surface area contributed by atoms with Crippen molar-refractivity contribution in [1.82, 2.24) is 14.8 Å². The monoisotopic (exact) mass is 415 g/mol. The van der Waals surface area contributed by atoms with Crippen LogP contribution in [-0.4, -0.2) is 38.3 Å². The van der Waals surface area contributed by atoms with Crippen LogP contribution in [0.15, 0.2) is 53.7 Å². The second kappa shape index (κ2) is 8.97. The Kier molecular flexibility index (Phi) is 6.59. The smallest absolute Gasteiger partial charge is 0.191 e. The van der Waals surface area contributed by atoms with Crippen LogP contribution in [-0.2, 0) is 12.5 Å². The highest BCUT2D eigenvalue weighted by atomic mass is 32.2. The van der Waals surface area contributed by atoms with Gasteiger partial charge in [0.15, 0.2) is 11.0 Å². The minimum atomic E-state index is -0.679. The van der Waals surface area contributed by atoms with Crippen LogP contribution >= 0.6 is 11.8 Å². The van der Waals surface area contributed by atoms with Gasteiger partial charge in [0.25, 0.3) is 0 Å². The molecule has 0 saturated heterocycles. The van der Waals surface area contributed by atoms with E-state index < -0.39 is 6.10 Å². The first-order valence-electron chi connectivity index (χ1n) is 9.45. The van der Waals surface area contributed by atoms with Gasteiger partial charge in [-0.1, -0.05) is 62.9 Å². The van der Waals surface area contributed by atoms with Crippen LogP contribution in [0.5, 0.6) is 5.75 Å². The summed E-state index contributed by atoms with van der Waals surface area (Å²) in [6.45, 7) is 6.56. The van der Waals surface area contributed by atoms with E-state index in [1.54, 1.807) is 29.8 Å². The predicted molar refractivity (Wildman–Crippen MR) is 114 cm³/mol. The van der Waals surface area contributed by atoms with Crippen molar-refractivity contribution in [2.75, 3.05) is 12.4 Å². The van der Waals surface area contributed by atoms with Crippen LogP contribution in [0, 0.1) is 5.82 Å². The third kappa shape index (κ3) is 5.16. The zero-order valence-electron chi connectivity index (χ0n) is 17.1. The Morgan fingerprint density at radius 1 is 1.10 bits per heavy atom. The third-order valence-electron chi connectivity index (χ3n) is 4.48. The van der Waals surface area contributed by atoms with Gasteiger partial charge in [0.05, 0.1) is 11.7 Å². The van der Waals surface area contributed by atoms with Crippen LogP contribution in [0.3, 0.4) is 0 Å². The highest BCUT2D eigenvalue weighted by Crippen LogP contribution is 2.31. The second-order valence-electron chi connectivity index (χ2n) is 7.87. The zero-order chi connectivity index (χ0) is 21.0. The van der Waals surface area contributed by atoms with E-state index in [0.29, 0.717) is 22.3 Å². The Labute approximate surface area is 174 Å². The molecular formula is C22H26FN3O2S. The fraction of sp³-hybridized carbons (Fsp3) is 0.364. The first-order chi connectivity index (χ1) is 13.8. The van der Waals surface area contributed by atoms with E-state index in [1.165, 1.54) is 17.8 Å². The van der Waals surface area contributed by atoms with Gasteiger partial charge in [-0.15, -0.1) is 10.2 Å². The number of benzene rings is 2. The van der Waals surface area contributed by atoms with Gasteiger partial charge in [-0.05, 0) is 29.2 Å². The highest BCUT2D eigenvalue weighted by Gasteiger charge is 2.20. The van der Waals surface area contributed by atoms with E-state index in [9.17, 15) is 9.50 Å². The summed E-state index contributed by atoms with van der Waals surface area (Å²) >= 11 is 1.36. The summed E-state index contributed by atoms with van der Waals surface area (Å²) in [5, 5.41) is 19.2. The Balaban J connectivity index is 1.60. The summed E-state index contributed by atoms with van der Waals surface area (Å²) in [6.07, 6.45) is -0.679. The molecule has 154 valence electrons. The molecule has 1 atom stereocenters. The number of hydrogen-bond donors (Lipinski definition) is 1. The molecule has 2 aromatic carbocycles. The maximum absolute atomic E-state index is 14.0. The average Bonchev–Trinajstić information content (AvgIpc) is 3.05. The molecule has 5 nitrogen and oxygen atoms in total. The van der Waals surface area contributed by atoms with E-state index >= 15 is 0 Å². The fourth-order valence-corrected chi connectivity index (χ4v) is 3.75. The molecule has 0 saturated carbocycles. The van der Waals surface area contributed by atoms with E-state index in [-0.39, 0.29) is 17.8 Å². The summed E-state index contributed by atoms with van der Waals surface area (Å²) in [7, 11) is 1.78. The maximum atomic E-state index is 14.0. The van der Waals surface area contributed by atoms with Gasteiger partial charge in [-0.3, -0.25) is 0 Å². The number of rotatable bonds is 7. The van der Waals surface area contributed by atoms with Gasteiger partial charge in [-0.2, -0.15) is 0 Å². The van der Waals surface area contributed by atoms with E-state index in [1.807, 2.05) is 24.3 Å². The van der Waals surface area contributed by atoms with Gasteiger partial charge in [0, 0.05) is 12.8 Å². The van der Waals surface area contributed by atoms with Gasteiger partial charge >= 0.3 is 0 Å². The minimum Gasteiger partial charge on any atom is -0.491 e. The molecule has 3 rings (SSSR count). The van der Waals surface area contributed by atoms with Crippen molar-refractivity contribution in [1.29, 1.82) is 0 Å². The van der Waals surface area contributed by atoms with Crippen LogP contribution in [0.4, 0.5) is 4.39 Å². The van der Waals surface area contributed by atoms with Crippen LogP contribution < -0.4 is 4.74 Å². The molecule has 0 radical (unpaired) electrons. The molecule has 0 aliphatic heterocycles. The molecule has 0 amide bonds. The van der Waals surface area contributed by atoms with E-state index in [0.717, 1.165) is 11.3 Å². The van der Waals surface area contributed by atoms with Gasteiger partial charge in [-0.25, -0.2) is 4.39 Å². The molecule has 1 N–H and O–H groups in total. The van der Waals surface area contributed by atoms with Gasteiger partial charge < -0.3 is 14.4 Å². The summed E-state index contributed by atoms with van der Waals surface area (Å²) in [5.41, 5.74) is 1.46. The van der Waals surface area contributed by atoms with Crippen molar-refractivity contribution in [2.45, 2.75) is 37.4 Å². The fourth-order valence-electron chi connectivity index (χ4n) is 2.93.